The van der Waals surface area contributed by atoms with Gasteiger partial charge in [-0.2, -0.15) is 0 Å². The summed E-state index contributed by atoms with van der Waals surface area (Å²) in [7, 11) is 0. The Balaban J connectivity index is 2.00. The maximum absolute atomic E-state index is 4.31. The van der Waals surface area contributed by atoms with Crippen LogP contribution in [0, 0.1) is 0 Å². The number of nitrogens with zero attached hydrogens (tertiary/aromatic N) is 2. The molecule has 1 aliphatic heterocycles. The molecule has 0 bridgehead atoms. The third kappa shape index (κ3) is 3.08. The lowest BCUT2D eigenvalue weighted by Gasteiger charge is -2.27. The van der Waals surface area contributed by atoms with Gasteiger partial charge in [0.25, 0.3) is 0 Å². The number of nitrogens with one attached hydrogen (secondary N) is 1. The van der Waals surface area contributed by atoms with E-state index in [1.807, 2.05) is 12.4 Å². The average molecular weight is 281 g/mol. The fourth-order valence-corrected chi connectivity index (χ4v) is 3.02. The smallest absolute Gasteiger partial charge is 0.0487 e. The minimum absolute atomic E-state index is 0.873. The van der Waals surface area contributed by atoms with Gasteiger partial charge in [0, 0.05) is 42.4 Å². The largest absolute Gasteiger partial charge is 0.341 e. The van der Waals surface area contributed by atoms with E-state index in [-0.39, 0.29) is 0 Å². The van der Waals surface area contributed by atoms with Crippen LogP contribution in [-0.2, 0) is 13.0 Å². The molecule has 0 fully saturated rings. The first kappa shape index (κ1) is 14.1. The third-order valence-electron chi connectivity index (χ3n) is 4.09. The SMILES string of the molecule is CCNCc1cnccc1N1CCCCc2ccccc21. The van der Waals surface area contributed by atoms with Gasteiger partial charge >= 0.3 is 0 Å². The molecule has 3 heteroatoms. The molecule has 0 spiro atoms. The number of pyridine rings is 1. The summed E-state index contributed by atoms with van der Waals surface area (Å²) in [5.41, 5.74) is 5.39. The molecule has 1 aliphatic rings. The molecule has 0 saturated carbocycles. The van der Waals surface area contributed by atoms with E-state index < -0.39 is 0 Å². The number of hydrogen-bond donors (Lipinski definition) is 1. The first-order valence-electron chi connectivity index (χ1n) is 7.89. The summed E-state index contributed by atoms with van der Waals surface area (Å²) in [6.45, 7) is 5.07. The van der Waals surface area contributed by atoms with Crippen LogP contribution in [-0.4, -0.2) is 18.1 Å². The van der Waals surface area contributed by atoms with Gasteiger partial charge in [-0.05, 0) is 43.5 Å². The van der Waals surface area contributed by atoms with E-state index in [9.17, 15) is 0 Å². The summed E-state index contributed by atoms with van der Waals surface area (Å²) >= 11 is 0. The second-order valence-electron chi connectivity index (χ2n) is 5.52. The molecule has 0 aliphatic carbocycles. The van der Waals surface area contributed by atoms with Gasteiger partial charge in [-0.25, -0.2) is 0 Å². The van der Waals surface area contributed by atoms with Crippen molar-refractivity contribution < 1.29 is 0 Å². The Morgan fingerprint density at radius 1 is 1.14 bits per heavy atom. The predicted molar refractivity (Wildman–Crippen MR) is 88.0 cm³/mol. The number of aromatic nitrogens is 1. The molecule has 1 aromatic heterocycles. The predicted octanol–water partition coefficient (Wildman–Crippen LogP) is 3.67. The molecule has 3 nitrogen and oxygen atoms in total. The second kappa shape index (κ2) is 6.72. The number of hydrogen-bond acceptors (Lipinski definition) is 3. The molecule has 0 atom stereocenters. The van der Waals surface area contributed by atoms with E-state index in [0.717, 1.165) is 19.6 Å². The average Bonchev–Trinajstić information content (AvgIpc) is 2.75. The zero-order valence-electron chi connectivity index (χ0n) is 12.7. The summed E-state index contributed by atoms with van der Waals surface area (Å²) in [5.74, 6) is 0. The standard InChI is InChI=1S/C18H23N3/c1-2-19-13-16-14-20-11-10-18(16)21-12-6-5-8-15-7-3-4-9-17(15)21/h3-4,7,9-11,14,19H,2,5-6,8,12-13H2,1H3. The van der Waals surface area contributed by atoms with Gasteiger partial charge in [-0.3, -0.25) is 4.98 Å². The monoisotopic (exact) mass is 281 g/mol. The molecule has 0 radical (unpaired) electrons. The van der Waals surface area contributed by atoms with Crippen LogP contribution in [0.1, 0.15) is 30.9 Å². The number of para-hydroxylation sites is 1. The van der Waals surface area contributed by atoms with Crippen LogP contribution in [0.15, 0.2) is 42.7 Å². The molecule has 3 rings (SSSR count). The van der Waals surface area contributed by atoms with Gasteiger partial charge < -0.3 is 10.2 Å². The number of benzene rings is 1. The van der Waals surface area contributed by atoms with Crippen molar-refractivity contribution in [1.29, 1.82) is 0 Å². The Morgan fingerprint density at radius 3 is 2.95 bits per heavy atom. The Kier molecular flexibility index (Phi) is 4.51. The minimum Gasteiger partial charge on any atom is -0.341 e. The highest BCUT2D eigenvalue weighted by molar-refractivity contribution is 5.69. The highest BCUT2D eigenvalue weighted by Gasteiger charge is 2.18. The molecular weight excluding hydrogens is 258 g/mol. The van der Waals surface area contributed by atoms with E-state index >= 15 is 0 Å². The first-order valence-corrected chi connectivity index (χ1v) is 7.89. The van der Waals surface area contributed by atoms with Crippen LogP contribution < -0.4 is 10.2 Å². The normalized spacial score (nSPS) is 14.6. The van der Waals surface area contributed by atoms with Gasteiger partial charge in [-0.15, -0.1) is 0 Å². The maximum atomic E-state index is 4.31. The van der Waals surface area contributed by atoms with Crippen molar-refractivity contribution in [2.75, 3.05) is 18.0 Å². The van der Waals surface area contributed by atoms with Crippen molar-refractivity contribution in [2.24, 2.45) is 0 Å². The molecule has 1 aromatic carbocycles. The van der Waals surface area contributed by atoms with E-state index in [1.54, 1.807) is 0 Å². The van der Waals surface area contributed by atoms with Crippen LogP contribution in [0.4, 0.5) is 11.4 Å². The quantitative estimate of drug-likeness (QED) is 0.927. The summed E-state index contributed by atoms with van der Waals surface area (Å²) in [4.78, 5) is 6.77. The maximum Gasteiger partial charge on any atom is 0.0487 e. The molecule has 0 unspecified atom stereocenters. The lowest BCUT2D eigenvalue weighted by Crippen LogP contribution is -2.21. The third-order valence-corrected chi connectivity index (χ3v) is 4.09. The Bertz CT molecular complexity index is 595. The van der Waals surface area contributed by atoms with Gasteiger partial charge in [0.2, 0.25) is 0 Å². The Labute approximate surface area is 127 Å². The van der Waals surface area contributed by atoms with Crippen molar-refractivity contribution >= 4 is 11.4 Å². The number of aryl methyl sites for hydroxylation is 1. The van der Waals surface area contributed by atoms with Crippen molar-refractivity contribution in [1.82, 2.24) is 10.3 Å². The molecule has 21 heavy (non-hydrogen) atoms. The molecule has 2 heterocycles. The number of fused-ring (bicyclic) bond motifs is 1. The Morgan fingerprint density at radius 2 is 2.05 bits per heavy atom. The van der Waals surface area contributed by atoms with Crippen LogP contribution in [0.5, 0.6) is 0 Å². The Hall–Kier alpha value is -1.87. The fraction of sp³-hybridized carbons (Fsp3) is 0.389. The minimum atomic E-state index is 0.873. The van der Waals surface area contributed by atoms with Crippen molar-refractivity contribution in [3.05, 3.63) is 53.9 Å². The topological polar surface area (TPSA) is 28.2 Å². The molecule has 110 valence electrons. The summed E-state index contributed by atoms with van der Waals surface area (Å²) in [6, 6.07) is 10.9. The summed E-state index contributed by atoms with van der Waals surface area (Å²) in [6.07, 6.45) is 7.57. The van der Waals surface area contributed by atoms with Crippen LogP contribution in [0.3, 0.4) is 0 Å². The van der Waals surface area contributed by atoms with E-state index in [1.165, 1.54) is 41.8 Å². The molecule has 0 amide bonds. The number of anilines is 2. The second-order valence-corrected chi connectivity index (χ2v) is 5.52. The summed E-state index contributed by atoms with van der Waals surface area (Å²) < 4.78 is 0. The van der Waals surface area contributed by atoms with Crippen LogP contribution in [0.2, 0.25) is 0 Å². The van der Waals surface area contributed by atoms with E-state index in [0.29, 0.717) is 0 Å². The van der Waals surface area contributed by atoms with Gasteiger partial charge in [0.1, 0.15) is 0 Å². The zero-order valence-corrected chi connectivity index (χ0v) is 12.7. The first-order chi connectivity index (χ1) is 10.4. The van der Waals surface area contributed by atoms with Crippen molar-refractivity contribution in [3.63, 3.8) is 0 Å². The molecule has 2 aromatic rings. The molecule has 0 saturated heterocycles. The highest BCUT2D eigenvalue weighted by Crippen LogP contribution is 2.34. The highest BCUT2D eigenvalue weighted by atomic mass is 15.1. The molecule has 1 N–H and O–H groups in total. The van der Waals surface area contributed by atoms with Crippen LogP contribution in [0.25, 0.3) is 0 Å². The lowest BCUT2D eigenvalue weighted by atomic mass is 10.1. The fourth-order valence-electron chi connectivity index (χ4n) is 3.02. The van der Waals surface area contributed by atoms with Crippen molar-refractivity contribution in [3.8, 4) is 0 Å². The van der Waals surface area contributed by atoms with Gasteiger partial charge in [0.15, 0.2) is 0 Å². The van der Waals surface area contributed by atoms with Crippen molar-refractivity contribution in [2.45, 2.75) is 32.7 Å². The lowest BCUT2D eigenvalue weighted by molar-refractivity contribution is 0.718. The van der Waals surface area contributed by atoms with E-state index in [2.05, 4.69) is 52.5 Å². The summed E-state index contributed by atoms with van der Waals surface area (Å²) in [5, 5.41) is 3.42. The molecular formula is C18H23N3. The van der Waals surface area contributed by atoms with E-state index in [4.69, 9.17) is 0 Å². The van der Waals surface area contributed by atoms with Gasteiger partial charge in [0.05, 0.1) is 0 Å². The van der Waals surface area contributed by atoms with Gasteiger partial charge in [-0.1, -0.05) is 25.1 Å². The zero-order chi connectivity index (χ0) is 14.5. The van der Waals surface area contributed by atoms with Crippen LogP contribution >= 0.6 is 0 Å². The number of rotatable bonds is 4.